The van der Waals surface area contributed by atoms with Crippen molar-refractivity contribution in [2.75, 3.05) is 13.1 Å². The summed E-state index contributed by atoms with van der Waals surface area (Å²) in [6.07, 6.45) is 2.69. The van der Waals surface area contributed by atoms with Gasteiger partial charge in [-0.25, -0.2) is 0 Å². The van der Waals surface area contributed by atoms with Crippen molar-refractivity contribution in [3.8, 4) is 0 Å². The number of nitrogens with zero attached hydrogens (tertiary/aromatic N) is 1. The fraction of sp³-hybridized carbons (Fsp3) is 0.600. The highest BCUT2D eigenvalue weighted by Crippen LogP contribution is 2.33. The molecule has 1 aromatic rings. The molecular formula is C15H23NS. The predicted molar refractivity (Wildman–Crippen MR) is 77.6 cm³/mol. The zero-order valence-corrected chi connectivity index (χ0v) is 11.7. The third-order valence-corrected chi connectivity index (χ3v) is 4.31. The van der Waals surface area contributed by atoms with E-state index in [2.05, 4.69) is 49.1 Å². The van der Waals surface area contributed by atoms with E-state index < -0.39 is 0 Å². The van der Waals surface area contributed by atoms with Crippen molar-refractivity contribution in [3.05, 3.63) is 35.9 Å². The van der Waals surface area contributed by atoms with Gasteiger partial charge in [0.05, 0.1) is 0 Å². The Morgan fingerprint density at radius 3 is 2.18 bits per heavy atom. The van der Waals surface area contributed by atoms with Crippen LogP contribution < -0.4 is 0 Å². The van der Waals surface area contributed by atoms with E-state index in [-0.39, 0.29) is 0 Å². The number of rotatable bonds is 4. The zero-order valence-electron chi connectivity index (χ0n) is 10.8. The van der Waals surface area contributed by atoms with Crippen LogP contribution in [0.1, 0.15) is 37.5 Å². The minimum Gasteiger partial charge on any atom is -0.299 e. The Bertz CT molecular complexity index is 330. The first-order valence-corrected chi connectivity index (χ1v) is 7.19. The fourth-order valence-electron chi connectivity index (χ4n) is 2.87. The summed E-state index contributed by atoms with van der Waals surface area (Å²) in [7, 11) is 0. The van der Waals surface area contributed by atoms with Gasteiger partial charge in [-0.2, -0.15) is 12.6 Å². The molecule has 1 saturated heterocycles. The van der Waals surface area contributed by atoms with Crippen LogP contribution in [0.3, 0.4) is 0 Å². The maximum Gasteiger partial charge on any atom is 0.0425 e. The molecule has 1 nitrogen and oxygen atoms in total. The van der Waals surface area contributed by atoms with E-state index in [1.54, 1.807) is 0 Å². The first-order valence-electron chi connectivity index (χ1n) is 6.67. The summed E-state index contributed by atoms with van der Waals surface area (Å²) in [6, 6.07) is 11.2. The summed E-state index contributed by atoms with van der Waals surface area (Å²) >= 11 is 4.89. The molecule has 0 bridgehead atoms. The predicted octanol–water partition coefficient (Wildman–Crippen LogP) is 3.78. The molecule has 0 saturated carbocycles. The Morgan fingerprint density at radius 2 is 1.65 bits per heavy atom. The lowest BCUT2D eigenvalue weighted by Gasteiger charge is -2.35. The van der Waals surface area contributed by atoms with Crippen LogP contribution >= 0.6 is 12.6 Å². The van der Waals surface area contributed by atoms with Gasteiger partial charge < -0.3 is 0 Å². The Morgan fingerprint density at radius 1 is 1.06 bits per heavy atom. The smallest absolute Gasteiger partial charge is 0.0425 e. The molecule has 2 heteroatoms. The van der Waals surface area contributed by atoms with Crippen molar-refractivity contribution in [1.29, 1.82) is 0 Å². The molecule has 2 rings (SSSR count). The highest BCUT2D eigenvalue weighted by molar-refractivity contribution is 7.80. The summed E-state index contributed by atoms with van der Waals surface area (Å²) in [5.41, 5.74) is 1.35. The lowest BCUT2D eigenvalue weighted by Crippen LogP contribution is -2.39. The zero-order chi connectivity index (χ0) is 12.3. The molecule has 1 fully saturated rings. The van der Waals surface area contributed by atoms with E-state index >= 15 is 0 Å². The largest absolute Gasteiger partial charge is 0.299 e. The van der Waals surface area contributed by atoms with Gasteiger partial charge in [0.1, 0.15) is 0 Å². The van der Waals surface area contributed by atoms with Crippen molar-refractivity contribution < 1.29 is 0 Å². The molecule has 1 heterocycles. The average molecular weight is 249 g/mol. The minimum atomic E-state index is 0.328. The second-order valence-corrected chi connectivity index (χ2v) is 5.89. The van der Waals surface area contributed by atoms with Crippen LogP contribution in [0.15, 0.2) is 30.3 Å². The third kappa shape index (κ3) is 3.05. The van der Waals surface area contributed by atoms with Crippen LogP contribution in [0, 0.1) is 5.92 Å². The monoisotopic (exact) mass is 249 g/mol. The molecule has 0 radical (unpaired) electrons. The molecule has 94 valence electrons. The van der Waals surface area contributed by atoms with Crippen LogP contribution in [0.4, 0.5) is 0 Å². The molecule has 0 aromatic heterocycles. The topological polar surface area (TPSA) is 3.24 Å². The first-order chi connectivity index (χ1) is 8.20. The lowest BCUT2D eigenvalue weighted by atomic mass is 9.94. The van der Waals surface area contributed by atoms with E-state index in [1.807, 2.05) is 0 Å². The van der Waals surface area contributed by atoms with E-state index in [9.17, 15) is 0 Å². The summed E-state index contributed by atoms with van der Waals surface area (Å²) in [4.78, 5) is 2.62. The van der Waals surface area contributed by atoms with Crippen LogP contribution in [0.25, 0.3) is 0 Å². The van der Waals surface area contributed by atoms with Crippen LogP contribution in [0.5, 0.6) is 0 Å². The van der Waals surface area contributed by atoms with E-state index in [4.69, 9.17) is 12.6 Å². The Kier molecular flexibility index (Phi) is 4.52. The molecular weight excluding hydrogens is 226 g/mol. The highest BCUT2D eigenvalue weighted by Gasteiger charge is 2.30. The van der Waals surface area contributed by atoms with Crippen LogP contribution in [-0.4, -0.2) is 24.0 Å². The summed E-state index contributed by atoms with van der Waals surface area (Å²) in [5, 5.41) is 0.328. The van der Waals surface area contributed by atoms with Gasteiger partial charge >= 0.3 is 0 Å². The molecule has 2 atom stereocenters. The normalized spacial score (nSPS) is 20.7. The lowest BCUT2D eigenvalue weighted by molar-refractivity contribution is 0.187. The molecule has 0 N–H and O–H groups in total. The standard InChI is InChI=1S/C15H23NS/c1-12(2)14(16-10-6-7-11-16)15(17)13-8-4-3-5-9-13/h3-5,8-9,12,14-15,17H,6-7,10-11H2,1-2H3/t14-,15+/m0/s1. The quantitative estimate of drug-likeness (QED) is 0.795. The van der Waals surface area contributed by atoms with Gasteiger partial charge in [0.25, 0.3) is 0 Å². The number of likely N-dealkylation sites (tertiary alicyclic amines) is 1. The second-order valence-electron chi connectivity index (χ2n) is 5.33. The molecule has 1 aromatic carbocycles. The second kappa shape index (κ2) is 5.92. The molecule has 1 aliphatic heterocycles. The SMILES string of the molecule is CC(C)[C@@H]([C@H](S)c1ccccc1)N1CCCC1. The first kappa shape index (κ1) is 13.0. The Hall–Kier alpha value is -0.470. The summed E-state index contributed by atoms with van der Waals surface area (Å²) in [6.45, 7) is 7.11. The Balaban J connectivity index is 2.15. The van der Waals surface area contributed by atoms with Gasteiger partial charge in [0.2, 0.25) is 0 Å². The van der Waals surface area contributed by atoms with E-state index in [1.165, 1.54) is 31.5 Å². The molecule has 0 aliphatic carbocycles. The molecule has 0 unspecified atom stereocenters. The number of thiol groups is 1. The van der Waals surface area contributed by atoms with Crippen LogP contribution in [0.2, 0.25) is 0 Å². The number of benzene rings is 1. The summed E-state index contributed by atoms with van der Waals surface area (Å²) < 4.78 is 0. The Labute approximate surface area is 111 Å². The van der Waals surface area contributed by atoms with Gasteiger partial charge in [-0.3, -0.25) is 4.90 Å². The van der Waals surface area contributed by atoms with E-state index in [0.29, 0.717) is 17.2 Å². The summed E-state index contributed by atoms with van der Waals surface area (Å²) in [5.74, 6) is 0.649. The van der Waals surface area contributed by atoms with Gasteiger partial charge in [-0.05, 0) is 37.4 Å². The van der Waals surface area contributed by atoms with Gasteiger partial charge in [-0.1, -0.05) is 44.2 Å². The van der Waals surface area contributed by atoms with Crippen molar-refractivity contribution in [2.45, 2.75) is 38.0 Å². The molecule has 1 aliphatic rings. The van der Waals surface area contributed by atoms with Gasteiger partial charge in [-0.15, -0.1) is 0 Å². The van der Waals surface area contributed by atoms with E-state index in [0.717, 1.165) is 0 Å². The number of hydrogen-bond acceptors (Lipinski definition) is 2. The third-order valence-electron chi connectivity index (χ3n) is 3.71. The number of hydrogen-bond donors (Lipinski definition) is 1. The highest BCUT2D eigenvalue weighted by atomic mass is 32.1. The van der Waals surface area contributed by atoms with Gasteiger partial charge in [0, 0.05) is 11.3 Å². The van der Waals surface area contributed by atoms with Crippen molar-refractivity contribution in [1.82, 2.24) is 4.90 Å². The molecule has 17 heavy (non-hydrogen) atoms. The molecule has 0 spiro atoms. The van der Waals surface area contributed by atoms with Crippen molar-refractivity contribution >= 4 is 12.6 Å². The van der Waals surface area contributed by atoms with Crippen LogP contribution in [-0.2, 0) is 0 Å². The minimum absolute atomic E-state index is 0.328. The van der Waals surface area contributed by atoms with Gasteiger partial charge in [0.15, 0.2) is 0 Å². The van der Waals surface area contributed by atoms with Crippen molar-refractivity contribution in [3.63, 3.8) is 0 Å². The van der Waals surface area contributed by atoms with Crippen molar-refractivity contribution in [2.24, 2.45) is 5.92 Å². The maximum absolute atomic E-state index is 4.89. The fourth-order valence-corrected chi connectivity index (χ4v) is 3.58. The average Bonchev–Trinajstić information content (AvgIpc) is 2.83. The maximum atomic E-state index is 4.89. The molecule has 0 amide bonds.